The van der Waals surface area contributed by atoms with Crippen LogP contribution in [0.15, 0.2) is 46.2 Å². The maximum Gasteiger partial charge on any atom is 1.00 e. The zero-order valence-electron chi connectivity index (χ0n) is 14.1. The van der Waals surface area contributed by atoms with E-state index in [4.69, 9.17) is 0 Å². The van der Waals surface area contributed by atoms with Crippen LogP contribution in [-0.4, -0.2) is 25.3 Å². The van der Waals surface area contributed by atoms with Crippen molar-refractivity contribution >= 4 is 33.3 Å². The van der Waals surface area contributed by atoms with Crippen molar-refractivity contribution in [3.8, 4) is 0 Å². The predicted octanol–water partition coefficient (Wildman–Crippen LogP) is 0.845. The molecule has 2 aromatic carbocycles. The van der Waals surface area contributed by atoms with Crippen LogP contribution in [0.25, 0.3) is 0 Å². The van der Waals surface area contributed by atoms with E-state index < -0.39 is 10.1 Å². The quantitative estimate of drug-likeness (QED) is 0.589. The molecule has 0 spiro atoms. The van der Waals surface area contributed by atoms with Crippen molar-refractivity contribution in [1.82, 2.24) is 0 Å². The molecule has 0 radical (unpaired) electrons. The molecule has 0 saturated heterocycles. The number of fused-ring (bicyclic) bond motifs is 2. The molecule has 0 atom stereocenters. The summed E-state index contributed by atoms with van der Waals surface area (Å²) in [4.78, 5) is 4.48. The second-order valence-corrected chi connectivity index (χ2v) is 8.34. The monoisotopic (exact) mass is 371 g/mol. The first kappa shape index (κ1) is 19.8. The van der Waals surface area contributed by atoms with Gasteiger partial charge >= 0.3 is 29.6 Å². The summed E-state index contributed by atoms with van der Waals surface area (Å²) in [7, 11) is -4.18. The van der Waals surface area contributed by atoms with Crippen LogP contribution >= 0.6 is 11.8 Å². The fourth-order valence-electron chi connectivity index (χ4n) is 2.79. The Morgan fingerprint density at radius 3 is 2.58 bits per heavy atom. The first-order valence-corrected chi connectivity index (χ1v) is 9.84. The molecule has 24 heavy (non-hydrogen) atoms. The van der Waals surface area contributed by atoms with E-state index in [-0.39, 0.29) is 35.3 Å². The summed E-state index contributed by atoms with van der Waals surface area (Å²) in [5, 5.41) is 0. The minimum Gasteiger partial charge on any atom is -0.748 e. The third kappa shape index (κ3) is 4.36. The number of hydrogen-bond donors (Lipinski definition) is 0. The molecule has 0 aromatic heterocycles. The molecule has 7 heteroatoms. The molecule has 0 unspecified atom stereocenters. The molecular weight excluding hydrogens is 353 g/mol. The van der Waals surface area contributed by atoms with Crippen LogP contribution in [0.2, 0.25) is 0 Å². The minimum atomic E-state index is -4.18. The average Bonchev–Trinajstić information content (AvgIpc) is 2.46. The molecule has 0 aliphatic carbocycles. The van der Waals surface area contributed by atoms with Crippen LogP contribution < -0.4 is 34.5 Å². The molecule has 1 aliphatic rings. The fraction of sp³-hybridized carbons (Fsp3) is 0.294. The van der Waals surface area contributed by atoms with Crippen LogP contribution in [0.5, 0.6) is 0 Å². The third-order valence-electron chi connectivity index (χ3n) is 3.88. The van der Waals surface area contributed by atoms with Gasteiger partial charge in [-0.1, -0.05) is 30.0 Å². The topological polar surface area (TPSA) is 60.4 Å². The summed E-state index contributed by atoms with van der Waals surface area (Å²) in [5.74, 6) is -0.334. The van der Waals surface area contributed by atoms with E-state index in [0.717, 1.165) is 16.3 Å². The summed E-state index contributed by atoms with van der Waals surface area (Å²) in [5.41, 5.74) is 4.54. The number of anilines is 2. The van der Waals surface area contributed by atoms with Gasteiger partial charge in [-0.25, -0.2) is 8.42 Å². The largest absolute Gasteiger partial charge is 1.00 e. The van der Waals surface area contributed by atoms with Crippen LogP contribution in [0.1, 0.15) is 17.5 Å². The Bertz CT molecular complexity index is 853. The summed E-state index contributed by atoms with van der Waals surface area (Å²) in [6.07, 6.45) is 0.317. The summed E-state index contributed by atoms with van der Waals surface area (Å²) in [6, 6.07) is 12.4. The molecule has 122 valence electrons. The van der Waals surface area contributed by atoms with E-state index in [0.29, 0.717) is 13.0 Å². The number of hydrogen-bond acceptors (Lipinski definition) is 5. The molecule has 0 fully saturated rings. The Balaban J connectivity index is 0.00000208. The van der Waals surface area contributed by atoms with Crippen molar-refractivity contribution in [1.29, 1.82) is 0 Å². The van der Waals surface area contributed by atoms with Gasteiger partial charge in [0, 0.05) is 22.1 Å². The fourth-order valence-corrected chi connectivity index (χ4v) is 4.53. The Hall–Kier alpha value is -0.500. The van der Waals surface area contributed by atoms with E-state index in [1.54, 1.807) is 11.8 Å². The van der Waals surface area contributed by atoms with Crippen molar-refractivity contribution in [2.75, 3.05) is 17.2 Å². The van der Waals surface area contributed by atoms with Gasteiger partial charge in [0.1, 0.15) is 0 Å². The molecule has 0 N–H and O–H groups in total. The summed E-state index contributed by atoms with van der Waals surface area (Å²) in [6.45, 7) is 4.64. The van der Waals surface area contributed by atoms with Crippen LogP contribution in [0, 0.1) is 13.8 Å². The molecule has 1 aliphatic heterocycles. The smallest absolute Gasteiger partial charge is 0.748 e. The van der Waals surface area contributed by atoms with Gasteiger partial charge in [0.25, 0.3) is 0 Å². The van der Waals surface area contributed by atoms with Gasteiger partial charge < -0.3 is 9.45 Å². The SMILES string of the molecule is Cc1ccc2c(c1)Sc1c(C)cccc1N2CCCS(=O)(=O)[O-].[Na+]. The molecule has 1 heterocycles. The number of rotatable bonds is 4. The predicted molar refractivity (Wildman–Crippen MR) is 92.7 cm³/mol. The van der Waals surface area contributed by atoms with Gasteiger partial charge in [-0.05, 0) is 49.6 Å². The van der Waals surface area contributed by atoms with Gasteiger partial charge in [-0.3, -0.25) is 0 Å². The number of nitrogens with zero attached hydrogens (tertiary/aromatic N) is 1. The van der Waals surface area contributed by atoms with E-state index in [1.165, 1.54) is 16.0 Å². The van der Waals surface area contributed by atoms with Crippen LogP contribution in [-0.2, 0) is 10.1 Å². The Kier molecular flexibility index (Phi) is 6.45. The van der Waals surface area contributed by atoms with E-state index >= 15 is 0 Å². The Morgan fingerprint density at radius 1 is 1.12 bits per heavy atom. The Labute approximate surface area is 169 Å². The van der Waals surface area contributed by atoms with E-state index in [2.05, 4.69) is 43.0 Å². The summed E-state index contributed by atoms with van der Waals surface area (Å²) < 4.78 is 32.7. The van der Waals surface area contributed by atoms with E-state index in [9.17, 15) is 13.0 Å². The third-order valence-corrected chi connectivity index (χ3v) is 5.95. The Morgan fingerprint density at radius 2 is 1.88 bits per heavy atom. The molecule has 4 nitrogen and oxygen atoms in total. The van der Waals surface area contributed by atoms with Gasteiger partial charge in [0.2, 0.25) is 0 Å². The minimum absolute atomic E-state index is 0. The second-order valence-electron chi connectivity index (χ2n) is 5.76. The molecule has 2 aromatic rings. The van der Waals surface area contributed by atoms with Crippen molar-refractivity contribution in [3.05, 3.63) is 47.5 Å². The van der Waals surface area contributed by atoms with Crippen molar-refractivity contribution in [2.45, 2.75) is 30.1 Å². The normalized spacial score (nSPS) is 13.0. The maximum absolute atomic E-state index is 10.9. The zero-order chi connectivity index (χ0) is 16.6. The zero-order valence-corrected chi connectivity index (χ0v) is 17.7. The van der Waals surface area contributed by atoms with Gasteiger partial charge in [-0.15, -0.1) is 0 Å². The number of aryl methyl sites for hydroxylation is 2. The molecule has 3 rings (SSSR count). The van der Waals surface area contributed by atoms with E-state index in [1.807, 2.05) is 12.1 Å². The first-order valence-electron chi connectivity index (χ1n) is 7.44. The molecular formula is C17H18NNaO3S2. The number of benzene rings is 2. The second kappa shape index (κ2) is 7.81. The maximum atomic E-state index is 10.9. The molecule has 0 saturated carbocycles. The van der Waals surface area contributed by atoms with Crippen molar-refractivity contribution in [2.24, 2.45) is 0 Å². The van der Waals surface area contributed by atoms with Crippen LogP contribution in [0.3, 0.4) is 0 Å². The summed E-state index contributed by atoms with van der Waals surface area (Å²) >= 11 is 1.74. The van der Waals surface area contributed by atoms with Crippen LogP contribution in [0.4, 0.5) is 11.4 Å². The van der Waals surface area contributed by atoms with Gasteiger partial charge in [0.15, 0.2) is 0 Å². The standard InChI is InChI=1S/C17H19NO3S2.Na/c1-12-7-8-14-16(11-12)22-17-13(2)5-3-6-15(17)18(14)9-4-10-23(19,20)21;/h3,5-8,11H,4,9-10H2,1-2H3,(H,19,20,21);/q;+1/p-1. The van der Waals surface area contributed by atoms with Gasteiger partial charge in [0.05, 0.1) is 21.5 Å². The van der Waals surface area contributed by atoms with Crippen molar-refractivity contribution in [3.63, 3.8) is 0 Å². The molecule has 0 bridgehead atoms. The molecule has 0 amide bonds. The van der Waals surface area contributed by atoms with Gasteiger partial charge in [-0.2, -0.15) is 0 Å². The van der Waals surface area contributed by atoms with Crippen molar-refractivity contribution < 1.29 is 42.5 Å². The average molecular weight is 371 g/mol. The first-order chi connectivity index (χ1) is 10.8.